The van der Waals surface area contributed by atoms with E-state index in [1.54, 1.807) is 17.2 Å². The maximum Gasteiger partial charge on any atom is 0.273 e. The highest BCUT2D eigenvalue weighted by Gasteiger charge is 2.19. The zero-order valence-corrected chi connectivity index (χ0v) is 18.3. The van der Waals surface area contributed by atoms with Crippen molar-refractivity contribution in [1.82, 2.24) is 20.4 Å². The summed E-state index contributed by atoms with van der Waals surface area (Å²) in [6, 6.07) is 24.4. The molecule has 0 radical (unpaired) electrons. The van der Waals surface area contributed by atoms with E-state index in [9.17, 15) is 9.59 Å². The van der Waals surface area contributed by atoms with Gasteiger partial charge in [0.25, 0.3) is 5.91 Å². The quantitative estimate of drug-likeness (QED) is 0.447. The Morgan fingerprint density at radius 1 is 0.939 bits per heavy atom. The second kappa shape index (κ2) is 10.4. The van der Waals surface area contributed by atoms with E-state index in [-0.39, 0.29) is 18.1 Å². The molecule has 7 heteroatoms. The Hall–Kier alpha value is -4.26. The Morgan fingerprint density at radius 2 is 1.70 bits per heavy atom. The van der Waals surface area contributed by atoms with E-state index < -0.39 is 5.91 Å². The van der Waals surface area contributed by atoms with Crippen LogP contribution < -0.4 is 5.32 Å². The highest BCUT2D eigenvalue weighted by atomic mass is 16.5. The highest BCUT2D eigenvalue weighted by molar-refractivity contribution is 5.95. The smallest absolute Gasteiger partial charge is 0.273 e. The van der Waals surface area contributed by atoms with Crippen LogP contribution >= 0.6 is 0 Å². The lowest BCUT2D eigenvalue weighted by atomic mass is 10.1. The Balaban J connectivity index is 1.43. The molecule has 2 aromatic carbocycles. The van der Waals surface area contributed by atoms with Crippen molar-refractivity contribution < 1.29 is 14.1 Å². The summed E-state index contributed by atoms with van der Waals surface area (Å²) < 4.78 is 5.28. The van der Waals surface area contributed by atoms with E-state index in [0.29, 0.717) is 18.8 Å². The first-order valence-corrected chi connectivity index (χ1v) is 10.6. The fourth-order valence-corrected chi connectivity index (χ4v) is 3.39. The predicted molar refractivity (Wildman–Crippen MR) is 124 cm³/mol. The molecule has 0 saturated heterocycles. The van der Waals surface area contributed by atoms with E-state index >= 15 is 0 Å². The van der Waals surface area contributed by atoms with Gasteiger partial charge in [-0.15, -0.1) is 0 Å². The number of nitrogens with zero attached hydrogens (tertiary/aromatic N) is 3. The molecular weight excluding hydrogens is 416 g/mol. The molecule has 0 unspecified atom stereocenters. The minimum absolute atomic E-state index is 0.122. The number of pyridine rings is 1. The molecule has 2 amide bonds. The maximum atomic E-state index is 13.1. The number of carbonyl (C=O) groups excluding carboxylic acids is 2. The predicted octanol–water partition coefficient (Wildman–Crippen LogP) is 4.00. The first-order chi connectivity index (χ1) is 16.1. The third kappa shape index (κ3) is 5.71. The van der Waals surface area contributed by atoms with Gasteiger partial charge >= 0.3 is 0 Å². The Bertz CT molecular complexity index is 1220. The normalized spacial score (nSPS) is 10.6. The van der Waals surface area contributed by atoms with Gasteiger partial charge in [0.1, 0.15) is 0 Å². The number of aryl methyl sites for hydroxylation is 1. The Kier molecular flexibility index (Phi) is 6.90. The van der Waals surface area contributed by atoms with Crippen LogP contribution in [-0.4, -0.2) is 33.4 Å². The molecule has 0 aliphatic carbocycles. The molecular formula is C26H24N4O3. The average molecular weight is 441 g/mol. The van der Waals surface area contributed by atoms with Gasteiger partial charge in [-0.3, -0.25) is 14.6 Å². The summed E-state index contributed by atoms with van der Waals surface area (Å²) in [5.74, 6) is -0.199. The van der Waals surface area contributed by atoms with E-state index in [0.717, 1.165) is 22.4 Å². The van der Waals surface area contributed by atoms with Gasteiger partial charge in [-0.05, 0) is 30.2 Å². The third-order valence-corrected chi connectivity index (χ3v) is 5.26. The zero-order valence-electron chi connectivity index (χ0n) is 18.3. The summed E-state index contributed by atoms with van der Waals surface area (Å²) >= 11 is 0. The van der Waals surface area contributed by atoms with Gasteiger partial charge < -0.3 is 14.7 Å². The van der Waals surface area contributed by atoms with Crippen molar-refractivity contribution in [3.05, 3.63) is 108 Å². The summed E-state index contributed by atoms with van der Waals surface area (Å²) in [5.41, 5.74) is 3.85. The van der Waals surface area contributed by atoms with Crippen LogP contribution in [0.2, 0.25) is 0 Å². The van der Waals surface area contributed by atoms with Crippen molar-refractivity contribution >= 4 is 11.8 Å². The number of rotatable bonds is 8. The molecule has 1 N–H and O–H groups in total. The van der Waals surface area contributed by atoms with Crippen LogP contribution in [0, 0.1) is 6.92 Å². The van der Waals surface area contributed by atoms with Crippen molar-refractivity contribution in [3.8, 4) is 11.3 Å². The molecule has 0 saturated carbocycles. The number of carbonyl (C=O) groups is 2. The standard InChI is InChI=1S/C26H24N4O3/c1-19-9-5-6-12-21(19)17-30(18-22-13-7-8-14-27-22)25(31)16-28-26(32)23-15-24(33-29-23)20-10-3-2-4-11-20/h2-15H,16-18H2,1H3,(H,28,32). The highest BCUT2D eigenvalue weighted by Crippen LogP contribution is 2.19. The fourth-order valence-electron chi connectivity index (χ4n) is 3.39. The first-order valence-electron chi connectivity index (χ1n) is 10.6. The van der Waals surface area contributed by atoms with Crippen LogP contribution in [0.15, 0.2) is 89.6 Å². The molecule has 0 aliphatic rings. The number of hydrogen-bond acceptors (Lipinski definition) is 5. The van der Waals surface area contributed by atoms with E-state index in [1.165, 1.54) is 0 Å². The lowest BCUT2D eigenvalue weighted by molar-refractivity contribution is -0.131. The SMILES string of the molecule is Cc1ccccc1CN(Cc1ccccn1)C(=O)CNC(=O)c1cc(-c2ccccc2)on1. The number of aromatic nitrogens is 2. The minimum atomic E-state index is -0.469. The number of hydrogen-bond donors (Lipinski definition) is 1. The second-order valence-electron chi connectivity index (χ2n) is 7.62. The van der Waals surface area contributed by atoms with Crippen molar-refractivity contribution in [2.45, 2.75) is 20.0 Å². The van der Waals surface area contributed by atoms with Crippen LogP contribution in [0.5, 0.6) is 0 Å². The third-order valence-electron chi connectivity index (χ3n) is 5.26. The zero-order chi connectivity index (χ0) is 23.0. The van der Waals surface area contributed by atoms with E-state index in [2.05, 4.69) is 15.5 Å². The van der Waals surface area contributed by atoms with Gasteiger partial charge in [0.15, 0.2) is 11.5 Å². The minimum Gasteiger partial charge on any atom is -0.355 e. The van der Waals surface area contributed by atoms with Gasteiger partial charge in [0.2, 0.25) is 5.91 Å². The summed E-state index contributed by atoms with van der Waals surface area (Å²) in [6.07, 6.45) is 1.70. The monoisotopic (exact) mass is 440 g/mol. The van der Waals surface area contributed by atoms with Crippen LogP contribution in [0.25, 0.3) is 11.3 Å². The number of amides is 2. The summed E-state index contributed by atoms with van der Waals surface area (Å²) in [6.45, 7) is 2.60. The summed E-state index contributed by atoms with van der Waals surface area (Å²) in [5, 5.41) is 6.50. The van der Waals surface area contributed by atoms with Crippen LogP contribution in [0.4, 0.5) is 0 Å². The topological polar surface area (TPSA) is 88.3 Å². The van der Waals surface area contributed by atoms with Gasteiger partial charge in [0, 0.05) is 24.4 Å². The molecule has 4 rings (SSSR count). The molecule has 0 fully saturated rings. The molecule has 0 aliphatic heterocycles. The molecule has 2 heterocycles. The van der Waals surface area contributed by atoms with Gasteiger partial charge in [-0.1, -0.05) is 65.8 Å². The van der Waals surface area contributed by atoms with Crippen molar-refractivity contribution in [2.24, 2.45) is 0 Å². The lowest BCUT2D eigenvalue weighted by Gasteiger charge is -2.23. The van der Waals surface area contributed by atoms with Crippen LogP contribution in [0.1, 0.15) is 27.3 Å². The Morgan fingerprint density at radius 3 is 2.45 bits per heavy atom. The average Bonchev–Trinajstić information content (AvgIpc) is 3.35. The number of nitrogens with one attached hydrogen (secondary N) is 1. The van der Waals surface area contributed by atoms with Crippen LogP contribution in [0.3, 0.4) is 0 Å². The molecule has 4 aromatic rings. The van der Waals surface area contributed by atoms with Gasteiger partial charge in [0.05, 0.1) is 18.8 Å². The van der Waals surface area contributed by atoms with Gasteiger partial charge in [-0.25, -0.2) is 0 Å². The molecule has 0 atom stereocenters. The maximum absolute atomic E-state index is 13.1. The molecule has 2 aromatic heterocycles. The molecule has 0 spiro atoms. The largest absolute Gasteiger partial charge is 0.355 e. The fraction of sp³-hybridized carbons (Fsp3) is 0.154. The van der Waals surface area contributed by atoms with Gasteiger partial charge in [-0.2, -0.15) is 0 Å². The Labute approximate surface area is 192 Å². The second-order valence-corrected chi connectivity index (χ2v) is 7.62. The molecule has 33 heavy (non-hydrogen) atoms. The molecule has 0 bridgehead atoms. The first kappa shape index (κ1) is 22.0. The molecule has 7 nitrogen and oxygen atoms in total. The number of benzene rings is 2. The van der Waals surface area contributed by atoms with Crippen molar-refractivity contribution in [2.75, 3.05) is 6.54 Å². The van der Waals surface area contributed by atoms with E-state index in [1.807, 2.05) is 79.7 Å². The lowest BCUT2D eigenvalue weighted by Crippen LogP contribution is -2.39. The van der Waals surface area contributed by atoms with Crippen molar-refractivity contribution in [3.63, 3.8) is 0 Å². The summed E-state index contributed by atoms with van der Waals surface area (Å²) in [4.78, 5) is 31.7. The van der Waals surface area contributed by atoms with Crippen molar-refractivity contribution in [1.29, 1.82) is 0 Å². The van der Waals surface area contributed by atoms with Crippen LogP contribution in [-0.2, 0) is 17.9 Å². The summed E-state index contributed by atoms with van der Waals surface area (Å²) in [7, 11) is 0. The van der Waals surface area contributed by atoms with E-state index in [4.69, 9.17) is 4.52 Å². The molecule has 166 valence electrons.